The molecule has 1 aliphatic heterocycles. The van der Waals surface area contributed by atoms with E-state index >= 15 is 0 Å². The predicted octanol–water partition coefficient (Wildman–Crippen LogP) is 3.82. The number of halogens is 1. The molecule has 0 radical (unpaired) electrons. The van der Waals surface area contributed by atoms with E-state index in [1.807, 2.05) is 42.5 Å². The van der Waals surface area contributed by atoms with Crippen LogP contribution < -0.4 is 0 Å². The predicted molar refractivity (Wildman–Crippen MR) is 106 cm³/mol. The number of para-hydroxylation sites is 1. The van der Waals surface area contributed by atoms with E-state index in [0.29, 0.717) is 12.2 Å². The number of carbonyl (C=O) groups excluding carboxylic acids is 1. The maximum Gasteiger partial charge on any atom is 0.192 e. The number of piperazine rings is 1. The van der Waals surface area contributed by atoms with Gasteiger partial charge in [0.2, 0.25) is 0 Å². The summed E-state index contributed by atoms with van der Waals surface area (Å²) in [6, 6.07) is 18.0. The Morgan fingerprint density at radius 3 is 2.38 bits per heavy atom. The molecule has 0 atom stereocenters. The Balaban J connectivity index is 1.30. The summed E-state index contributed by atoms with van der Waals surface area (Å²) in [6.07, 6.45) is 0. The lowest BCUT2D eigenvalue weighted by atomic mass is 10.2. The van der Waals surface area contributed by atoms with Crippen LogP contribution in [-0.2, 0) is 6.54 Å². The Bertz CT molecular complexity index is 862. The highest BCUT2D eigenvalue weighted by Gasteiger charge is 2.20. The molecule has 5 heteroatoms. The molecule has 4 rings (SSSR count). The number of benzene rings is 2. The van der Waals surface area contributed by atoms with Crippen LogP contribution in [0.1, 0.15) is 16.1 Å². The van der Waals surface area contributed by atoms with E-state index in [9.17, 15) is 4.79 Å². The molecular formula is C21H22ClN3O. The van der Waals surface area contributed by atoms with Crippen LogP contribution in [0.5, 0.6) is 0 Å². The number of fused-ring (bicyclic) bond motifs is 1. The lowest BCUT2D eigenvalue weighted by Crippen LogP contribution is -2.47. The highest BCUT2D eigenvalue weighted by molar-refractivity contribution is 6.30. The van der Waals surface area contributed by atoms with Crippen molar-refractivity contribution in [1.82, 2.24) is 14.8 Å². The van der Waals surface area contributed by atoms with Gasteiger partial charge in [-0.25, -0.2) is 0 Å². The van der Waals surface area contributed by atoms with Crippen molar-refractivity contribution >= 4 is 28.3 Å². The Labute approximate surface area is 158 Å². The number of aromatic nitrogens is 1. The van der Waals surface area contributed by atoms with Crippen LogP contribution in [0.25, 0.3) is 10.9 Å². The summed E-state index contributed by atoms with van der Waals surface area (Å²) in [5, 5.41) is 1.86. The SMILES string of the molecule is O=C(CN1CCN(Cc2ccc(Cl)cc2)CC1)c1cc2ccccc2[nH]1. The van der Waals surface area contributed by atoms with Crippen molar-refractivity contribution in [3.05, 3.63) is 70.9 Å². The molecular weight excluding hydrogens is 346 g/mol. The fourth-order valence-corrected chi connectivity index (χ4v) is 3.59. The van der Waals surface area contributed by atoms with E-state index in [2.05, 4.69) is 26.9 Å². The number of hydrogen-bond donors (Lipinski definition) is 1. The number of carbonyl (C=O) groups is 1. The van der Waals surface area contributed by atoms with Crippen LogP contribution in [0.2, 0.25) is 5.02 Å². The molecule has 0 spiro atoms. The fraction of sp³-hybridized carbons (Fsp3) is 0.286. The van der Waals surface area contributed by atoms with Crippen LogP contribution in [0.15, 0.2) is 54.6 Å². The molecule has 0 bridgehead atoms. The highest BCUT2D eigenvalue weighted by atomic mass is 35.5. The van der Waals surface area contributed by atoms with E-state index in [1.54, 1.807) is 0 Å². The van der Waals surface area contributed by atoms with Crippen LogP contribution in [0.4, 0.5) is 0 Å². The maximum atomic E-state index is 12.6. The molecule has 0 saturated carbocycles. The molecule has 1 saturated heterocycles. The first kappa shape index (κ1) is 17.3. The zero-order valence-corrected chi connectivity index (χ0v) is 15.4. The number of nitrogens with zero attached hydrogens (tertiary/aromatic N) is 2. The second kappa shape index (κ2) is 7.62. The lowest BCUT2D eigenvalue weighted by Gasteiger charge is -2.34. The summed E-state index contributed by atoms with van der Waals surface area (Å²) < 4.78 is 0. The number of Topliss-reactive ketones (excluding diaryl/α,β-unsaturated/α-hetero) is 1. The molecule has 2 heterocycles. The summed E-state index contributed by atoms with van der Waals surface area (Å²) in [5.74, 6) is 0.160. The quantitative estimate of drug-likeness (QED) is 0.697. The van der Waals surface area contributed by atoms with E-state index < -0.39 is 0 Å². The minimum absolute atomic E-state index is 0.160. The Kier molecular flexibility index (Phi) is 5.07. The smallest absolute Gasteiger partial charge is 0.192 e. The van der Waals surface area contributed by atoms with Crippen molar-refractivity contribution in [3.63, 3.8) is 0 Å². The van der Waals surface area contributed by atoms with Crippen molar-refractivity contribution in [2.75, 3.05) is 32.7 Å². The summed E-state index contributed by atoms with van der Waals surface area (Å²) in [4.78, 5) is 20.5. The van der Waals surface area contributed by atoms with Gasteiger partial charge in [-0.2, -0.15) is 0 Å². The molecule has 4 nitrogen and oxygen atoms in total. The molecule has 0 unspecified atom stereocenters. The normalized spacial score (nSPS) is 16.2. The third-order valence-electron chi connectivity index (χ3n) is 4.98. The number of H-pyrrole nitrogens is 1. The molecule has 26 heavy (non-hydrogen) atoms. The molecule has 134 valence electrons. The molecule has 1 aromatic heterocycles. The molecule has 0 amide bonds. The summed E-state index contributed by atoms with van der Waals surface area (Å²) >= 11 is 5.94. The van der Waals surface area contributed by atoms with E-state index in [0.717, 1.165) is 48.6 Å². The molecule has 3 aromatic rings. The van der Waals surface area contributed by atoms with Gasteiger partial charge in [-0.05, 0) is 29.8 Å². The molecule has 0 aliphatic carbocycles. The second-order valence-corrected chi connectivity index (χ2v) is 7.31. The van der Waals surface area contributed by atoms with Crippen LogP contribution in [0.3, 0.4) is 0 Å². The zero-order valence-electron chi connectivity index (χ0n) is 14.6. The zero-order chi connectivity index (χ0) is 17.9. The minimum Gasteiger partial charge on any atom is -0.352 e. The molecule has 1 aliphatic rings. The average molecular weight is 368 g/mol. The highest BCUT2D eigenvalue weighted by Crippen LogP contribution is 2.16. The Hall–Kier alpha value is -2.14. The molecule has 1 N–H and O–H groups in total. The van der Waals surface area contributed by atoms with Gasteiger partial charge >= 0.3 is 0 Å². The number of ketones is 1. The summed E-state index contributed by atoms with van der Waals surface area (Å²) in [5.41, 5.74) is 3.00. The van der Waals surface area contributed by atoms with Gasteiger partial charge in [-0.3, -0.25) is 14.6 Å². The molecule has 1 fully saturated rings. The van der Waals surface area contributed by atoms with Crippen LogP contribution in [0, 0.1) is 0 Å². The van der Waals surface area contributed by atoms with Crippen LogP contribution >= 0.6 is 11.6 Å². The average Bonchev–Trinajstić information content (AvgIpc) is 3.10. The second-order valence-electron chi connectivity index (χ2n) is 6.87. The van der Waals surface area contributed by atoms with Crippen molar-refractivity contribution < 1.29 is 4.79 Å². The fourth-order valence-electron chi connectivity index (χ4n) is 3.47. The summed E-state index contributed by atoms with van der Waals surface area (Å²) in [7, 11) is 0. The molecule has 2 aromatic carbocycles. The number of nitrogens with one attached hydrogen (secondary N) is 1. The number of rotatable bonds is 5. The van der Waals surface area contributed by atoms with Gasteiger partial charge in [0, 0.05) is 48.6 Å². The van der Waals surface area contributed by atoms with Gasteiger partial charge in [0.1, 0.15) is 0 Å². The van der Waals surface area contributed by atoms with E-state index in [-0.39, 0.29) is 5.78 Å². The van der Waals surface area contributed by atoms with Gasteiger partial charge in [-0.1, -0.05) is 41.9 Å². The topological polar surface area (TPSA) is 39.3 Å². The van der Waals surface area contributed by atoms with Gasteiger partial charge in [0.05, 0.1) is 12.2 Å². The number of aromatic amines is 1. The minimum atomic E-state index is 0.160. The van der Waals surface area contributed by atoms with Crippen molar-refractivity contribution in [2.45, 2.75) is 6.54 Å². The Morgan fingerprint density at radius 1 is 0.962 bits per heavy atom. The monoisotopic (exact) mass is 367 g/mol. The largest absolute Gasteiger partial charge is 0.352 e. The van der Waals surface area contributed by atoms with Gasteiger partial charge in [0.15, 0.2) is 5.78 Å². The van der Waals surface area contributed by atoms with Crippen molar-refractivity contribution in [2.24, 2.45) is 0 Å². The maximum absolute atomic E-state index is 12.6. The van der Waals surface area contributed by atoms with Gasteiger partial charge < -0.3 is 4.98 Å². The first-order valence-corrected chi connectivity index (χ1v) is 9.35. The summed E-state index contributed by atoms with van der Waals surface area (Å²) in [6.45, 7) is 5.19. The van der Waals surface area contributed by atoms with Crippen molar-refractivity contribution in [3.8, 4) is 0 Å². The van der Waals surface area contributed by atoms with Crippen LogP contribution in [-0.4, -0.2) is 53.3 Å². The standard InChI is InChI=1S/C21H22ClN3O/c22-18-7-5-16(6-8-18)14-24-9-11-25(12-10-24)15-21(26)20-13-17-3-1-2-4-19(17)23-20/h1-8,13,23H,9-12,14-15H2. The van der Waals surface area contributed by atoms with Crippen molar-refractivity contribution in [1.29, 1.82) is 0 Å². The lowest BCUT2D eigenvalue weighted by molar-refractivity contribution is 0.0840. The first-order chi connectivity index (χ1) is 12.7. The van der Waals surface area contributed by atoms with E-state index in [4.69, 9.17) is 11.6 Å². The van der Waals surface area contributed by atoms with Gasteiger partial charge in [-0.15, -0.1) is 0 Å². The Morgan fingerprint density at radius 2 is 1.65 bits per heavy atom. The first-order valence-electron chi connectivity index (χ1n) is 8.97. The third kappa shape index (κ3) is 3.98. The third-order valence-corrected chi connectivity index (χ3v) is 5.23. The van der Waals surface area contributed by atoms with E-state index in [1.165, 1.54) is 5.56 Å². The number of hydrogen-bond acceptors (Lipinski definition) is 3. The van der Waals surface area contributed by atoms with Gasteiger partial charge in [0.25, 0.3) is 0 Å².